The summed E-state index contributed by atoms with van der Waals surface area (Å²) in [4.78, 5) is 17.0. The fraction of sp³-hybridized carbons (Fsp3) is 0.400. The molecule has 2 aromatic heterocycles. The van der Waals surface area contributed by atoms with Crippen LogP contribution in [0.5, 0.6) is 0 Å². The van der Waals surface area contributed by atoms with Crippen LogP contribution < -0.4 is 10.6 Å². The monoisotopic (exact) mass is 416 g/mol. The van der Waals surface area contributed by atoms with E-state index < -0.39 is 0 Å². The summed E-state index contributed by atoms with van der Waals surface area (Å²) in [6.07, 6.45) is 3.65. The van der Waals surface area contributed by atoms with Gasteiger partial charge in [0.25, 0.3) is 5.91 Å². The topological polar surface area (TPSA) is 97.9 Å². The van der Waals surface area contributed by atoms with Crippen molar-refractivity contribution < 1.29 is 9.21 Å². The van der Waals surface area contributed by atoms with Crippen molar-refractivity contribution >= 4 is 18.3 Å². The molecule has 3 heterocycles. The summed E-state index contributed by atoms with van der Waals surface area (Å²) in [5.41, 5.74) is 2.08. The number of aromatic nitrogens is 4. The zero-order chi connectivity index (χ0) is 19.5. The minimum atomic E-state index is -0.381. The van der Waals surface area contributed by atoms with Crippen LogP contribution in [0.3, 0.4) is 0 Å². The molecule has 1 fully saturated rings. The van der Waals surface area contributed by atoms with Gasteiger partial charge >= 0.3 is 0 Å². The van der Waals surface area contributed by atoms with Crippen LogP contribution >= 0.6 is 12.4 Å². The molecule has 0 saturated carbocycles. The highest BCUT2D eigenvalue weighted by molar-refractivity contribution is 5.93. The van der Waals surface area contributed by atoms with Crippen LogP contribution in [-0.4, -0.2) is 39.0 Å². The van der Waals surface area contributed by atoms with Crippen LogP contribution in [0, 0.1) is 6.92 Å². The molecule has 0 bridgehead atoms. The molecule has 3 aromatic rings. The standard InChI is InChI=1S/C20H24N6O2.ClH/c1-13(20-22-12-17(28-20)15-6-4-3-5-7-15)23-19(27)18-14(2)26(25-24-18)16-8-10-21-11-9-16;/h3-7,12-13,16,21H,8-11H2,1-2H3,(H,23,27);1H. The number of amides is 1. The van der Waals surface area contributed by atoms with Crippen LogP contribution in [-0.2, 0) is 0 Å². The Hall–Kier alpha value is -2.71. The minimum Gasteiger partial charge on any atom is -0.438 e. The molecule has 1 saturated heterocycles. The maximum absolute atomic E-state index is 12.7. The molecule has 1 aromatic carbocycles. The number of halogens is 1. The number of hydrogen-bond acceptors (Lipinski definition) is 6. The van der Waals surface area contributed by atoms with Crippen molar-refractivity contribution in [3.8, 4) is 11.3 Å². The zero-order valence-electron chi connectivity index (χ0n) is 16.5. The van der Waals surface area contributed by atoms with Gasteiger partial charge in [-0.2, -0.15) is 0 Å². The van der Waals surface area contributed by atoms with E-state index in [2.05, 4.69) is 25.9 Å². The second-order valence-corrected chi connectivity index (χ2v) is 7.07. The third-order valence-corrected chi connectivity index (χ3v) is 5.10. The molecule has 4 rings (SSSR count). The van der Waals surface area contributed by atoms with Gasteiger partial charge in [-0.05, 0) is 39.8 Å². The summed E-state index contributed by atoms with van der Waals surface area (Å²) in [7, 11) is 0. The van der Waals surface area contributed by atoms with Gasteiger partial charge in [0.1, 0.15) is 6.04 Å². The SMILES string of the molecule is Cc1c(C(=O)NC(C)c2ncc(-c3ccccc3)o2)nnn1C1CCNCC1.Cl. The molecular weight excluding hydrogens is 392 g/mol. The first-order chi connectivity index (χ1) is 13.6. The highest BCUT2D eigenvalue weighted by Crippen LogP contribution is 2.24. The van der Waals surface area contributed by atoms with Crippen molar-refractivity contribution in [2.75, 3.05) is 13.1 Å². The molecule has 29 heavy (non-hydrogen) atoms. The summed E-state index contributed by atoms with van der Waals surface area (Å²) in [5.74, 6) is 0.852. The Kier molecular flexibility index (Phi) is 6.66. The Morgan fingerprint density at radius 1 is 1.28 bits per heavy atom. The Morgan fingerprint density at radius 3 is 2.72 bits per heavy atom. The second-order valence-electron chi connectivity index (χ2n) is 7.07. The molecule has 154 valence electrons. The number of nitrogens with one attached hydrogen (secondary N) is 2. The lowest BCUT2D eigenvalue weighted by Gasteiger charge is -2.23. The first-order valence-electron chi connectivity index (χ1n) is 9.58. The van der Waals surface area contributed by atoms with Crippen LogP contribution in [0.4, 0.5) is 0 Å². The Labute approximate surface area is 175 Å². The Balaban J connectivity index is 0.00000240. The van der Waals surface area contributed by atoms with Gasteiger partial charge in [-0.3, -0.25) is 4.79 Å². The van der Waals surface area contributed by atoms with Crippen molar-refractivity contribution in [3.05, 3.63) is 53.8 Å². The molecule has 1 amide bonds. The number of nitrogens with zero attached hydrogens (tertiary/aromatic N) is 4. The predicted molar refractivity (Wildman–Crippen MR) is 111 cm³/mol. The molecule has 2 N–H and O–H groups in total. The molecule has 8 nitrogen and oxygen atoms in total. The third kappa shape index (κ3) is 4.49. The van der Waals surface area contributed by atoms with Crippen LogP contribution in [0.15, 0.2) is 40.9 Å². The first-order valence-corrected chi connectivity index (χ1v) is 9.58. The van der Waals surface area contributed by atoms with E-state index in [9.17, 15) is 4.79 Å². The smallest absolute Gasteiger partial charge is 0.274 e. The molecule has 1 unspecified atom stereocenters. The summed E-state index contributed by atoms with van der Waals surface area (Å²) in [6, 6.07) is 9.64. The number of oxazole rings is 1. The van der Waals surface area contributed by atoms with E-state index in [1.807, 2.05) is 48.9 Å². The van der Waals surface area contributed by atoms with Gasteiger partial charge in [-0.1, -0.05) is 35.5 Å². The summed E-state index contributed by atoms with van der Waals surface area (Å²) >= 11 is 0. The molecular formula is C20H25ClN6O2. The normalized spacial score (nSPS) is 15.5. The van der Waals surface area contributed by atoms with E-state index in [-0.39, 0.29) is 30.4 Å². The fourth-order valence-corrected chi connectivity index (χ4v) is 3.50. The molecule has 0 aliphatic carbocycles. The van der Waals surface area contributed by atoms with Gasteiger partial charge < -0.3 is 15.1 Å². The van der Waals surface area contributed by atoms with Crippen LogP contribution in [0.25, 0.3) is 11.3 Å². The molecule has 0 spiro atoms. The van der Waals surface area contributed by atoms with Gasteiger partial charge in [0, 0.05) is 5.56 Å². The molecule has 9 heteroatoms. The van der Waals surface area contributed by atoms with Crippen LogP contribution in [0.1, 0.15) is 53.9 Å². The van der Waals surface area contributed by atoms with Crippen molar-refractivity contribution in [2.45, 2.75) is 38.8 Å². The summed E-state index contributed by atoms with van der Waals surface area (Å²) in [5, 5.41) is 14.6. The van der Waals surface area contributed by atoms with Gasteiger partial charge in [0.05, 0.1) is 17.9 Å². The average Bonchev–Trinajstić information content (AvgIpc) is 3.36. The average molecular weight is 417 g/mol. The highest BCUT2D eigenvalue weighted by atomic mass is 35.5. The van der Waals surface area contributed by atoms with Gasteiger partial charge in [0.15, 0.2) is 11.5 Å². The van der Waals surface area contributed by atoms with E-state index in [0.717, 1.165) is 37.2 Å². The second kappa shape index (κ2) is 9.19. The lowest BCUT2D eigenvalue weighted by molar-refractivity contribution is 0.0928. The molecule has 1 atom stereocenters. The fourth-order valence-electron chi connectivity index (χ4n) is 3.50. The van der Waals surface area contributed by atoms with E-state index >= 15 is 0 Å². The molecule has 0 radical (unpaired) electrons. The number of benzene rings is 1. The number of piperidine rings is 1. The predicted octanol–water partition coefficient (Wildman–Crippen LogP) is 3.08. The van der Waals surface area contributed by atoms with Gasteiger partial charge in [-0.15, -0.1) is 17.5 Å². The van der Waals surface area contributed by atoms with Crippen molar-refractivity contribution in [2.24, 2.45) is 0 Å². The summed E-state index contributed by atoms with van der Waals surface area (Å²) in [6.45, 7) is 5.64. The maximum atomic E-state index is 12.7. The van der Waals surface area contributed by atoms with Gasteiger partial charge in [0.2, 0.25) is 5.89 Å². The Bertz CT molecular complexity index is 949. The zero-order valence-corrected chi connectivity index (χ0v) is 17.3. The van der Waals surface area contributed by atoms with Crippen molar-refractivity contribution in [3.63, 3.8) is 0 Å². The third-order valence-electron chi connectivity index (χ3n) is 5.10. The largest absolute Gasteiger partial charge is 0.438 e. The molecule has 1 aliphatic heterocycles. The minimum absolute atomic E-state index is 0. The van der Waals surface area contributed by atoms with E-state index in [0.29, 0.717) is 17.3 Å². The van der Waals surface area contributed by atoms with Crippen molar-refractivity contribution in [1.82, 2.24) is 30.6 Å². The van der Waals surface area contributed by atoms with E-state index in [4.69, 9.17) is 4.42 Å². The van der Waals surface area contributed by atoms with E-state index in [1.165, 1.54) is 0 Å². The number of hydrogen-bond donors (Lipinski definition) is 2. The van der Waals surface area contributed by atoms with Crippen molar-refractivity contribution in [1.29, 1.82) is 0 Å². The van der Waals surface area contributed by atoms with Gasteiger partial charge in [-0.25, -0.2) is 9.67 Å². The summed E-state index contributed by atoms with van der Waals surface area (Å²) < 4.78 is 7.70. The molecule has 1 aliphatic rings. The first kappa shape index (κ1) is 21.0. The number of carbonyl (C=O) groups is 1. The lowest BCUT2D eigenvalue weighted by atomic mass is 10.1. The Morgan fingerprint density at radius 2 is 2.00 bits per heavy atom. The lowest BCUT2D eigenvalue weighted by Crippen LogP contribution is -2.31. The highest BCUT2D eigenvalue weighted by Gasteiger charge is 2.24. The number of carbonyl (C=O) groups excluding carboxylic acids is 1. The number of rotatable bonds is 5. The maximum Gasteiger partial charge on any atom is 0.274 e. The van der Waals surface area contributed by atoms with Crippen LogP contribution in [0.2, 0.25) is 0 Å². The van der Waals surface area contributed by atoms with E-state index in [1.54, 1.807) is 6.20 Å². The quantitative estimate of drug-likeness (QED) is 0.663.